The van der Waals surface area contributed by atoms with Crippen molar-refractivity contribution in [2.75, 3.05) is 12.4 Å². The average molecular weight is 456 g/mol. The van der Waals surface area contributed by atoms with Gasteiger partial charge < -0.3 is 14.5 Å². The van der Waals surface area contributed by atoms with E-state index in [1.165, 1.54) is 5.56 Å². The van der Waals surface area contributed by atoms with Gasteiger partial charge in [0, 0.05) is 16.6 Å². The molecule has 1 amide bonds. The molecular weight excluding hydrogens is 422 g/mol. The molecule has 0 fully saturated rings. The minimum atomic E-state index is -0.0434. The zero-order valence-corrected chi connectivity index (χ0v) is 21.1. The van der Waals surface area contributed by atoms with Crippen LogP contribution >= 0.6 is 0 Å². The summed E-state index contributed by atoms with van der Waals surface area (Å²) in [5.41, 5.74) is 9.34. The van der Waals surface area contributed by atoms with Crippen LogP contribution in [0.5, 0.6) is 5.75 Å². The van der Waals surface area contributed by atoms with Crippen molar-refractivity contribution in [3.8, 4) is 16.9 Å². The van der Waals surface area contributed by atoms with Crippen LogP contribution in [0, 0.1) is 27.7 Å². The van der Waals surface area contributed by atoms with Gasteiger partial charge in [0.2, 0.25) is 5.91 Å². The number of carbonyl (C=O) groups is 1. The van der Waals surface area contributed by atoms with E-state index in [0.29, 0.717) is 12.3 Å². The molecule has 0 atom stereocenters. The van der Waals surface area contributed by atoms with Crippen molar-refractivity contribution in [1.82, 2.24) is 0 Å². The summed E-state index contributed by atoms with van der Waals surface area (Å²) < 4.78 is 11.5. The summed E-state index contributed by atoms with van der Waals surface area (Å²) in [6.07, 6.45) is 0.299. The Hall–Kier alpha value is -3.53. The highest BCUT2D eigenvalue weighted by Crippen LogP contribution is 2.42. The second kappa shape index (κ2) is 9.38. The lowest BCUT2D eigenvalue weighted by Gasteiger charge is -2.16. The quantitative estimate of drug-likeness (QED) is 0.325. The third-order valence-corrected chi connectivity index (χ3v) is 6.77. The lowest BCUT2D eigenvalue weighted by atomic mass is 9.92. The van der Waals surface area contributed by atoms with Crippen LogP contribution in [0.2, 0.25) is 0 Å². The number of rotatable bonds is 6. The SMILES string of the molecule is COc1ccc(CC(=O)Nc2c(C)c(C)c3oc(C)c(-c4ccc(C(C)C)cc4)c3c2C)cc1. The molecule has 1 heterocycles. The van der Waals surface area contributed by atoms with Gasteiger partial charge in [-0.1, -0.05) is 50.2 Å². The smallest absolute Gasteiger partial charge is 0.228 e. The summed E-state index contributed by atoms with van der Waals surface area (Å²) in [5, 5.41) is 4.26. The fourth-order valence-corrected chi connectivity index (χ4v) is 4.61. The molecular formula is C30H33NO3. The van der Waals surface area contributed by atoms with E-state index in [2.05, 4.69) is 57.3 Å². The van der Waals surface area contributed by atoms with Crippen LogP contribution in [0.4, 0.5) is 5.69 Å². The number of anilines is 1. The second-order valence-corrected chi connectivity index (χ2v) is 9.34. The summed E-state index contributed by atoms with van der Waals surface area (Å²) in [6, 6.07) is 16.3. The van der Waals surface area contributed by atoms with Gasteiger partial charge >= 0.3 is 0 Å². The molecule has 1 aromatic heterocycles. The molecule has 4 rings (SSSR count). The number of amides is 1. The molecule has 4 heteroatoms. The van der Waals surface area contributed by atoms with Gasteiger partial charge in [-0.3, -0.25) is 4.79 Å². The van der Waals surface area contributed by atoms with Gasteiger partial charge in [0.1, 0.15) is 17.1 Å². The van der Waals surface area contributed by atoms with E-state index >= 15 is 0 Å². The molecule has 0 saturated heterocycles. The van der Waals surface area contributed by atoms with Gasteiger partial charge in [0.25, 0.3) is 0 Å². The number of nitrogens with one attached hydrogen (secondary N) is 1. The largest absolute Gasteiger partial charge is 0.497 e. The molecule has 34 heavy (non-hydrogen) atoms. The molecule has 1 N–H and O–H groups in total. The highest BCUT2D eigenvalue weighted by Gasteiger charge is 2.22. The third-order valence-electron chi connectivity index (χ3n) is 6.77. The molecule has 4 nitrogen and oxygen atoms in total. The number of ether oxygens (including phenoxy) is 1. The van der Waals surface area contributed by atoms with Crippen LogP contribution in [0.3, 0.4) is 0 Å². The Morgan fingerprint density at radius 1 is 0.912 bits per heavy atom. The van der Waals surface area contributed by atoms with Crippen molar-refractivity contribution in [2.45, 2.75) is 53.9 Å². The molecule has 4 aromatic rings. The minimum Gasteiger partial charge on any atom is -0.497 e. The number of hydrogen-bond acceptors (Lipinski definition) is 3. The summed E-state index contributed by atoms with van der Waals surface area (Å²) in [4.78, 5) is 13.0. The maximum absolute atomic E-state index is 13.0. The molecule has 0 spiro atoms. The molecule has 0 saturated carbocycles. The molecule has 0 radical (unpaired) electrons. The number of fused-ring (bicyclic) bond motifs is 1. The average Bonchev–Trinajstić information content (AvgIpc) is 3.18. The summed E-state index contributed by atoms with van der Waals surface area (Å²) in [6.45, 7) is 12.6. The van der Waals surface area contributed by atoms with E-state index in [-0.39, 0.29) is 5.91 Å². The normalized spacial score (nSPS) is 11.3. The van der Waals surface area contributed by atoms with Gasteiger partial charge in [-0.15, -0.1) is 0 Å². The first kappa shape index (κ1) is 23.6. The Labute approximate surface area is 201 Å². The molecule has 0 aliphatic heterocycles. The first-order valence-corrected chi connectivity index (χ1v) is 11.8. The maximum Gasteiger partial charge on any atom is 0.228 e. The maximum atomic E-state index is 13.0. The highest BCUT2D eigenvalue weighted by molar-refractivity contribution is 6.05. The van der Waals surface area contributed by atoms with Gasteiger partial charge in [-0.2, -0.15) is 0 Å². The Balaban J connectivity index is 1.74. The third kappa shape index (κ3) is 4.33. The van der Waals surface area contributed by atoms with E-state index in [4.69, 9.17) is 9.15 Å². The Bertz CT molecular complexity index is 1340. The van der Waals surface area contributed by atoms with Crippen molar-refractivity contribution < 1.29 is 13.9 Å². The lowest BCUT2D eigenvalue weighted by Crippen LogP contribution is -2.16. The van der Waals surface area contributed by atoms with E-state index in [9.17, 15) is 4.79 Å². The first-order chi connectivity index (χ1) is 16.2. The monoisotopic (exact) mass is 455 g/mol. The van der Waals surface area contributed by atoms with Crippen LogP contribution < -0.4 is 10.1 Å². The fraction of sp³-hybridized carbons (Fsp3) is 0.300. The minimum absolute atomic E-state index is 0.0434. The van der Waals surface area contributed by atoms with Gasteiger partial charge in [-0.25, -0.2) is 0 Å². The standard InChI is InChI=1S/C30H33NO3/c1-17(2)23-10-12-24(13-11-23)28-21(6)34-30-19(4)18(3)29(20(5)27(28)30)31-26(32)16-22-8-14-25(33-7)15-9-22/h8-15,17H,16H2,1-7H3,(H,31,32). The van der Waals surface area contributed by atoms with E-state index in [0.717, 1.165) is 61.5 Å². The topological polar surface area (TPSA) is 51.5 Å². The number of aryl methyl sites for hydroxylation is 3. The van der Waals surface area contributed by atoms with Crippen molar-refractivity contribution >= 4 is 22.6 Å². The summed E-state index contributed by atoms with van der Waals surface area (Å²) >= 11 is 0. The molecule has 0 bridgehead atoms. The Morgan fingerprint density at radius 2 is 1.56 bits per heavy atom. The van der Waals surface area contributed by atoms with Crippen LogP contribution in [-0.4, -0.2) is 13.0 Å². The number of furan rings is 1. The predicted octanol–water partition coefficient (Wildman–Crippen LogP) is 7.65. The molecule has 176 valence electrons. The van der Waals surface area contributed by atoms with Crippen molar-refractivity contribution in [3.63, 3.8) is 0 Å². The lowest BCUT2D eigenvalue weighted by molar-refractivity contribution is -0.115. The van der Waals surface area contributed by atoms with Crippen molar-refractivity contribution in [3.05, 3.63) is 82.1 Å². The predicted molar refractivity (Wildman–Crippen MR) is 140 cm³/mol. The highest BCUT2D eigenvalue weighted by atomic mass is 16.5. The van der Waals surface area contributed by atoms with Gasteiger partial charge in [-0.05, 0) is 79.1 Å². The molecule has 0 aliphatic rings. The molecule has 0 aliphatic carbocycles. The van der Waals surface area contributed by atoms with Crippen LogP contribution in [0.25, 0.3) is 22.1 Å². The van der Waals surface area contributed by atoms with Crippen LogP contribution in [-0.2, 0) is 11.2 Å². The van der Waals surface area contributed by atoms with E-state index in [1.54, 1.807) is 7.11 Å². The Kier molecular flexibility index (Phi) is 6.52. The van der Waals surface area contributed by atoms with E-state index in [1.807, 2.05) is 38.1 Å². The molecule has 0 unspecified atom stereocenters. The summed E-state index contributed by atoms with van der Waals surface area (Å²) in [7, 11) is 1.64. The second-order valence-electron chi connectivity index (χ2n) is 9.34. The number of hydrogen-bond donors (Lipinski definition) is 1. The zero-order chi connectivity index (χ0) is 24.6. The number of carbonyl (C=O) groups excluding carboxylic acids is 1. The van der Waals surface area contributed by atoms with Crippen molar-refractivity contribution in [2.24, 2.45) is 0 Å². The first-order valence-electron chi connectivity index (χ1n) is 11.8. The number of benzene rings is 3. The van der Waals surface area contributed by atoms with Crippen LogP contribution in [0.1, 0.15) is 53.3 Å². The Morgan fingerprint density at radius 3 is 2.15 bits per heavy atom. The summed E-state index contributed by atoms with van der Waals surface area (Å²) in [5.74, 6) is 2.11. The van der Waals surface area contributed by atoms with Crippen molar-refractivity contribution in [1.29, 1.82) is 0 Å². The zero-order valence-electron chi connectivity index (χ0n) is 21.1. The van der Waals surface area contributed by atoms with Gasteiger partial charge in [0.05, 0.1) is 13.5 Å². The fourth-order valence-electron chi connectivity index (χ4n) is 4.61. The van der Waals surface area contributed by atoms with Gasteiger partial charge in [0.15, 0.2) is 0 Å². The van der Waals surface area contributed by atoms with Crippen LogP contribution in [0.15, 0.2) is 52.9 Å². The molecule has 3 aromatic carbocycles. The van der Waals surface area contributed by atoms with E-state index < -0.39 is 0 Å². The number of methoxy groups -OCH3 is 1.